The molecule has 1 atom stereocenters. The Hall–Kier alpha value is -1.95. The standard InChI is InChI=1S/C13H15FN2O3/c14-9-3-1-2-4-11(9)16-8-7-15-10(13(16)19)5-6-12(17)18/h1-4,10,15H,5-8H2,(H,17,18). The zero-order valence-electron chi connectivity index (χ0n) is 10.3. The number of carbonyl (C=O) groups excluding carboxylic acids is 1. The van der Waals surface area contributed by atoms with Gasteiger partial charge < -0.3 is 15.3 Å². The molecule has 0 aromatic heterocycles. The van der Waals surface area contributed by atoms with Crippen LogP contribution in [0.25, 0.3) is 0 Å². The van der Waals surface area contributed by atoms with Gasteiger partial charge in [0.15, 0.2) is 0 Å². The van der Waals surface area contributed by atoms with Crippen LogP contribution in [0.5, 0.6) is 0 Å². The van der Waals surface area contributed by atoms with E-state index in [1.807, 2.05) is 0 Å². The molecule has 5 nitrogen and oxygen atoms in total. The van der Waals surface area contributed by atoms with E-state index >= 15 is 0 Å². The summed E-state index contributed by atoms with van der Waals surface area (Å²) in [5.74, 6) is -1.68. The van der Waals surface area contributed by atoms with Gasteiger partial charge in [0.25, 0.3) is 0 Å². The van der Waals surface area contributed by atoms with Gasteiger partial charge in [0.2, 0.25) is 5.91 Å². The first kappa shape index (κ1) is 13.5. The van der Waals surface area contributed by atoms with Crippen molar-refractivity contribution in [1.29, 1.82) is 0 Å². The molecular formula is C13H15FN2O3. The number of nitrogens with one attached hydrogen (secondary N) is 1. The first-order valence-corrected chi connectivity index (χ1v) is 6.10. The van der Waals surface area contributed by atoms with Gasteiger partial charge in [0, 0.05) is 19.5 Å². The second-order valence-corrected chi connectivity index (χ2v) is 4.38. The zero-order chi connectivity index (χ0) is 13.8. The summed E-state index contributed by atoms with van der Waals surface area (Å²) in [6, 6.07) is 5.52. The Balaban J connectivity index is 2.12. The quantitative estimate of drug-likeness (QED) is 0.853. The van der Waals surface area contributed by atoms with E-state index in [-0.39, 0.29) is 24.4 Å². The number of hydrogen-bond acceptors (Lipinski definition) is 3. The predicted molar refractivity (Wildman–Crippen MR) is 67.4 cm³/mol. The van der Waals surface area contributed by atoms with Gasteiger partial charge in [-0.2, -0.15) is 0 Å². The molecule has 1 aliphatic rings. The van der Waals surface area contributed by atoms with Crippen molar-refractivity contribution in [1.82, 2.24) is 5.32 Å². The van der Waals surface area contributed by atoms with E-state index in [1.54, 1.807) is 18.2 Å². The fraction of sp³-hybridized carbons (Fsp3) is 0.385. The van der Waals surface area contributed by atoms with Gasteiger partial charge in [-0.1, -0.05) is 12.1 Å². The fourth-order valence-electron chi connectivity index (χ4n) is 2.14. The molecule has 1 fully saturated rings. The molecule has 19 heavy (non-hydrogen) atoms. The molecule has 0 radical (unpaired) electrons. The highest BCUT2D eigenvalue weighted by Crippen LogP contribution is 2.21. The lowest BCUT2D eigenvalue weighted by molar-refractivity contribution is -0.137. The number of nitrogens with zero attached hydrogens (tertiary/aromatic N) is 1. The first-order valence-electron chi connectivity index (χ1n) is 6.10. The minimum absolute atomic E-state index is 0.0888. The molecule has 2 N–H and O–H groups in total. The Kier molecular flexibility index (Phi) is 4.11. The number of hydrogen-bond donors (Lipinski definition) is 2. The Labute approximate surface area is 110 Å². The molecule has 1 aromatic rings. The van der Waals surface area contributed by atoms with Crippen LogP contribution in [0.4, 0.5) is 10.1 Å². The third-order valence-corrected chi connectivity index (χ3v) is 3.08. The summed E-state index contributed by atoms with van der Waals surface area (Å²) in [4.78, 5) is 24.1. The van der Waals surface area contributed by atoms with Crippen LogP contribution in [0, 0.1) is 5.82 Å². The average molecular weight is 266 g/mol. The van der Waals surface area contributed by atoms with Gasteiger partial charge in [-0.05, 0) is 18.6 Å². The van der Waals surface area contributed by atoms with Crippen LogP contribution in [0.1, 0.15) is 12.8 Å². The number of piperazine rings is 1. The van der Waals surface area contributed by atoms with Crippen molar-refractivity contribution in [3.05, 3.63) is 30.1 Å². The predicted octanol–water partition coefficient (Wildman–Crippen LogP) is 0.995. The summed E-state index contributed by atoms with van der Waals surface area (Å²) in [5, 5.41) is 11.6. The molecule has 6 heteroatoms. The van der Waals surface area contributed by atoms with Crippen LogP contribution in [0.2, 0.25) is 0 Å². The summed E-state index contributed by atoms with van der Waals surface area (Å²) >= 11 is 0. The highest BCUT2D eigenvalue weighted by atomic mass is 19.1. The molecule has 0 spiro atoms. The Morgan fingerprint density at radius 2 is 2.21 bits per heavy atom. The van der Waals surface area contributed by atoms with Gasteiger partial charge in [-0.3, -0.25) is 9.59 Å². The maximum Gasteiger partial charge on any atom is 0.303 e. The molecule has 1 unspecified atom stereocenters. The average Bonchev–Trinajstić information content (AvgIpc) is 2.38. The highest BCUT2D eigenvalue weighted by molar-refractivity contribution is 5.98. The SMILES string of the molecule is O=C(O)CCC1NCCN(c2ccccc2F)C1=O. The molecule has 1 saturated heterocycles. The number of amides is 1. The minimum atomic E-state index is -0.947. The van der Waals surface area contributed by atoms with Crippen molar-refractivity contribution in [3.63, 3.8) is 0 Å². The van der Waals surface area contributed by atoms with E-state index in [4.69, 9.17) is 5.11 Å². The largest absolute Gasteiger partial charge is 0.481 e. The number of carboxylic acids is 1. The molecule has 0 saturated carbocycles. The van der Waals surface area contributed by atoms with Gasteiger partial charge in [0.1, 0.15) is 5.82 Å². The molecule has 0 bridgehead atoms. The third kappa shape index (κ3) is 3.08. The lowest BCUT2D eigenvalue weighted by atomic mass is 10.1. The second kappa shape index (κ2) is 5.79. The van der Waals surface area contributed by atoms with Crippen molar-refractivity contribution in [2.75, 3.05) is 18.0 Å². The third-order valence-electron chi connectivity index (χ3n) is 3.08. The molecule has 1 amide bonds. The van der Waals surface area contributed by atoms with E-state index in [9.17, 15) is 14.0 Å². The summed E-state index contributed by atoms with van der Waals surface area (Å²) in [6.07, 6.45) is 0.119. The van der Waals surface area contributed by atoms with Crippen molar-refractivity contribution in [2.24, 2.45) is 0 Å². The van der Waals surface area contributed by atoms with E-state index in [1.165, 1.54) is 11.0 Å². The first-order chi connectivity index (χ1) is 9.09. The summed E-state index contributed by atoms with van der Waals surface area (Å²) in [5.41, 5.74) is 0.245. The lowest BCUT2D eigenvalue weighted by Crippen LogP contribution is -2.55. The van der Waals surface area contributed by atoms with E-state index in [0.29, 0.717) is 13.1 Å². The fourth-order valence-corrected chi connectivity index (χ4v) is 2.14. The summed E-state index contributed by atoms with van der Waals surface area (Å²) < 4.78 is 13.7. The summed E-state index contributed by atoms with van der Waals surface area (Å²) in [6.45, 7) is 0.897. The normalized spacial score (nSPS) is 19.5. The van der Waals surface area contributed by atoms with E-state index in [0.717, 1.165) is 0 Å². The molecule has 1 heterocycles. The van der Waals surface area contributed by atoms with Crippen LogP contribution >= 0.6 is 0 Å². The van der Waals surface area contributed by atoms with E-state index < -0.39 is 17.8 Å². The molecule has 1 aromatic carbocycles. The number of para-hydroxylation sites is 1. The van der Waals surface area contributed by atoms with Crippen LogP contribution in [-0.2, 0) is 9.59 Å². The highest BCUT2D eigenvalue weighted by Gasteiger charge is 2.30. The maximum absolute atomic E-state index is 13.7. The molecule has 2 rings (SSSR count). The smallest absolute Gasteiger partial charge is 0.303 e. The van der Waals surface area contributed by atoms with Gasteiger partial charge >= 0.3 is 5.97 Å². The minimum Gasteiger partial charge on any atom is -0.481 e. The van der Waals surface area contributed by atoms with Crippen molar-refractivity contribution in [3.8, 4) is 0 Å². The topological polar surface area (TPSA) is 69.6 Å². The summed E-state index contributed by atoms with van der Waals surface area (Å²) in [7, 11) is 0. The van der Waals surface area contributed by atoms with Crippen LogP contribution < -0.4 is 10.2 Å². The second-order valence-electron chi connectivity index (χ2n) is 4.38. The number of rotatable bonds is 4. The van der Waals surface area contributed by atoms with Crippen molar-refractivity contribution >= 4 is 17.6 Å². The number of benzene rings is 1. The molecule has 1 aliphatic heterocycles. The van der Waals surface area contributed by atoms with Gasteiger partial charge in [-0.25, -0.2) is 4.39 Å². The Morgan fingerprint density at radius 3 is 2.89 bits per heavy atom. The van der Waals surface area contributed by atoms with Crippen LogP contribution in [-0.4, -0.2) is 36.1 Å². The number of halogens is 1. The molecule has 102 valence electrons. The molecular weight excluding hydrogens is 251 g/mol. The number of carboxylic acid groups (broad SMARTS) is 1. The van der Waals surface area contributed by atoms with Crippen molar-refractivity contribution in [2.45, 2.75) is 18.9 Å². The Bertz CT molecular complexity index is 493. The number of aliphatic carboxylic acids is 1. The van der Waals surface area contributed by atoms with Crippen molar-refractivity contribution < 1.29 is 19.1 Å². The van der Waals surface area contributed by atoms with Gasteiger partial charge in [-0.15, -0.1) is 0 Å². The van der Waals surface area contributed by atoms with Crippen LogP contribution in [0.15, 0.2) is 24.3 Å². The molecule has 0 aliphatic carbocycles. The zero-order valence-corrected chi connectivity index (χ0v) is 10.3. The number of carbonyl (C=O) groups is 2. The lowest BCUT2D eigenvalue weighted by Gasteiger charge is -2.33. The van der Waals surface area contributed by atoms with Crippen LogP contribution in [0.3, 0.4) is 0 Å². The monoisotopic (exact) mass is 266 g/mol. The Morgan fingerprint density at radius 1 is 1.47 bits per heavy atom. The van der Waals surface area contributed by atoms with Gasteiger partial charge in [0.05, 0.1) is 11.7 Å². The number of anilines is 1. The maximum atomic E-state index is 13.7. The van der Waals surface area contributed by atoms with E-state index in [2.05, 4.69) is 5.32 Å².